The van der Waals surface area contributed by atoms with E-state index in [-0.39, 0.29) is 16.6 Å². The highest BCUT2D eigenvalue weighted by atomic mass is 32.1. The summed E-state index contributed by atoms with van der Waals surface area (Å²) >= 11 is 1.03. The SMILES string of the molecule is CC(=O)c1csc(NC(=O)c2cc(F)ccc2F)n1. The van der Waals surface area contributed by atoms with Crippen LogP contribution in [0.4, 0.5) is 13.9 Å². The first-order valence-electron chi connectivity index (χ1n) is 5.20. The summed E-state index contributed by atoms with van der Waals surface area (Å²) in [6.07, 6.45) is 0. The molecule has 0 aliphatic heterocycles. The lowest BCUT2D eigenvalue weighted by atomic mass is 10.2. The number of hydrogen-bond acceptors (Lipinski definition) is 4. The number of halogens is 2. The van der Waals surface area contributed by atoms with E-state index in [0.717, 1.165) is 29.5 Å². The Kier molecular flexibility index (Phi) is 3.66. The van der Waals surface area contributed by atoms with E-state index in [9.17, 15) is 18.4 Å². The zero-order valence-electron chi connectivity index (χ0n) is 9.74. The predicted octanol–water partition coefficient (Wildman–Crippen LogP) is 2.88. The number of thiazole rings is 1. The van der Waals surface area contributed by atoms with Crippen LogP contribution >= 0.6 is 11.3 Å². The van der Waals surface area contributed by atoms with Gasteiger partial charge in [-0.2, -0.15) is 0 Å². The van der Waals surface area contributed by atoms with E-state index in [0.29, 0.717) is 0 Å². The number of ketones is 1. The highest BCUT2D eigenvalue weighted by Crippen LogP contribution is 2.18. The van der Waals surface area contributed by atoms with Crippen LogP contribution in [0, 0.1) is 11.6 Å². The molecule has 0 saturated carbocycles. The molecule has 2 rings (SSSR count). The fourth-order valence-corrected chi connectivity index (χ4v) is 2.07. The third-order valence-electron chi connectivity index (χ3n) is 2.26. The van der Waals surface area contributed by atoms with Gasteiger partial charge in [0.15, 0.2) is 10.9 Å². The minimum atomic E-state index is -0.831. The van der Waals surface area contributed by atoms with Crippen molar-refractivity contribution in [3.05, 3.63) is 46.5 Å². The lowest BCUT2D eigenvalue weighted by molar-refractivity contribution is 0.100. The van der Waals surface area contributed by atoms with Gasteiger partial charge in [-0.05, 0) is 18.2 Å². The van der Waals surface area contributed by atoms with Gasteiger partial charge in [-0.15, -0.1) is 11.3 Å². The van der Waals surface area contributed by atoms with Crippen LogP contribution in [0.5, 0.6) is 0 Å². The summed E-state index contributed by atoms with van der Waals surface area (Å²) in [7, 11) is 0. The molecule has 2 aromatic rings. The van der Waals surface area contributed by atoms with Crippen molar-refractivity contribution in [3.63, 3.8) is 0 Å². The number of rotatable bonds is 3. The molecule has 0 spiro atoms. The van der Waals surface area contributed by atoms with Crippen molar-refractivity contribution in [2.75, 3.05) is 5.32 Å². The van der Waals surface area contributed by atoms with E-state index in [1.54, 1.807) is 0 Å². The number of carbonyl (C=O) groups excluding carboxylic acids is 2. The Hall–Kier alpha value is -2.15. The van der Waals surface area contributed by atoms with Crippen LogP contribution in [0.25, 0.3) is 0 Å². The molecule has 0 aliphatic rings. The van der Waals surface area contributed by atoms with Gasteiger partial charge in [0, 0.05) is 12.3 Å². The Morgan fingerprint density at radius 3 is 2.68 bits per heavy atom. The van der Waals surface area contributed by atoms with Crippen LogP contribution in [0.15, 0.2) is 23.6 Å². The molecule has 0 fully saturated rings. The Morgan fingerprint density at radius 2 is 2.05 bits per heavy atom. The molecule has 1 N–H and O–H groups in total. The summed E-state index contributed by atoms with van der Waals surface area (Å²) in [6.45, 7) is 1.34. The number of nitrogens with one attached hydrogen (secondary N) is 1. The zero-order valence-corrected chi connectivity index (χ0v) is 10.6. The van der Waals surface area contributed by atoms with Crippen molar-refractivity contribution < 1.29 is 18.4 Å². The van der Waals surface area contributed by atoms with Crippen molar-refractivity contribution in [2.24, 2.45) is 0 Å². The smallest absolute Gasteiger partial charge is 0.260 e. The van der Waals surface area contributed by atoms with Crippen LogP contribution < -0.4 is 5.32 Å². The highest BCUT2D eigenvalue weighted by Gasteiger charge is 2.15. The van der Waals surface area contributed by atoms with Gasteiger partial charge in [0.2, 0.25) is 0 Å². The number of amides is 1. The van der Waals surface area contributed by atoms with Gasteiger partial charge in [0.1, 0.15) is 17.3 Å². The lowest BCUT2D eigenvalue weighted by Crippen LogP contribution is -2.14. The molecule has 0 saturated heterocycles. The molecule has 1 aromatic heterocycles. The second kappa shape index (κ2) is 5.23. The van der Waals surface area contributed by atoms with Gasteiger partial charge >= 0.3 is 0 Å². The van der Waals surface area contributed by atoms with Crippen molar-refractivity contribution in [3.8, 4) is 0 Å². The van der Waals surface area contributed by atoms with E-state index in [1.165, 1.54) is 12.3 Å². The van der Waals surface area contributed by atoms with Crippen LogP contribution in [0.2, 0.25) is 0 Å². The molecule has 19 heavy (non-hydrogen) atoms. The number of anilines is 1. The maximum atomic E-state index is 13.4. The molecule has 0 aliphatic carbocycles. The fourth-order valence-electron chi connectivity index (χ4n) is 1.33. The maximum Gasteiger partial charge on any atom is 0.260 e. The van der Waals surface area contributed by atoms with Crippen LogP contribution in [-0.2, 0) is 0 Å². The molecule has 7 heteroatoms. The monoisotopic (exact) mass is 282 g/mol. The normalized spacial score (nSPS) is 10.3. The molecule has 0 bridgehead atoms. The van der Waals surface area contributed by atoms with Gasteiger partial charge in [0.05, 0.1) is 5.56 Å². The van der Waals surface area contributed by atoms with Gasteiger partial charge in [-0.1, -0.05) is 0 Å². The van der Waals surface area contributed by atoms with E-state index < -0.39 is 23.1 Å². The average Bonchev–Trinajstić information content (AvgIpc) is 2.80. The van der Waals surface area contributed by atoms with Crippen molar-refractivity contribution >= 4 is 28.2 Å². The number of benzene rings is 1. The van der Waals surface area contributed by atoms with Crippen molar-refractivity contribution in [1.82, 2.24) is 4.98 Å². The van der Waals surface area contributed by atoms with Gasteiger partial charge in [-0.3, -0.25) is 14.9 Å². The summed E-state index contributed by atoms with van der Waals surface area (Å²) in [4.78, 5) is 26.6. The first-order valence-corrected chi connectivity index (χ1v) is 6.08. The summed E-state index contributed by atoms with van der Waals surface area (Å²) in [5, 5.41) is 3.93. The molecule has 0 unspecified atom stereocenters. The van der Waals surface area contributed by atoms with Gasteiger partial charge in [0.25, 0.3) is 5.91 Å². The highest BCUT2D eigenvalue weighted by molar-refractivity contribution is 7.14. The van der Waals surface area contributed by atoms with Gasteiger partial charge in [-0.25, -0.2) is 13.8 Å². The quantitative estimate of drug-likeness (QED) is 0.881. The predicted molar refractivity (Wildman–Crippen MR) is 66.4 cm³/mol. The first kappa shape index (κ1) is 13.3. The number of Topliss-reactive ketones (excluding diaryl/α,β-unsaturated/α-hetero) is 1. The van der Waals surface area contributed by atoms with Crippen LogP contribution in [-0.4, -0.2) is 16.7 Å². The maximum absolute atomic E-state index is 13.4. The molecule has 4 nitrogen and oxygen atoms in total. The third kappa shape index (κ3) is 3.00. The third-order valence-corrected chi connectivity index (χ3v) is 3.02. The Bertz CT molecular complexity index is 655. The number of nitrogens with zero attached hydrogens (tertiary/aromatic N) is 1. The second-order valence-electron chi connectivity index (χ2n) is 3.67. The van der Waals surface area contributed by atoms with Crippen molar-refractivity contribution in [2.45, 2.75) is 6.92 Å². The largest absolute Gasteiger partial charge is 0.298 e. The second-order valence-corrected chi connectivity index (χ2v) is 4.53. The summed E-state index contributed by atoms with van der Waals surface area (Å²) in [5.74, 6) is -2.60. The average molecular weight is 282 g/mol. The molecular weight excluding hydrogens is 274 g/mol. The zero-order chi connectivity index (χ0) is 14.0. The molecule has 0 radical (unpaired) electrons. The molecule has 98 valence electrons. The minimum absolute atomic E-state index is 0.152. The Balaban J connectivity index is 2.20. The fraction of sp³-hybridized carbons (Fsp3) is 0.0833. The van der Waals surface area contributed by atoms with Crippen molar-refractivity contribution in [1.29, 1.82) is 0 Å². The molecule has 1 aromatic carbocycles. The molecule has 0 atom stereocenters. The number of hydrogen-bond donors (Lipinski definition) is 1. The van der Waals surface area contributed by atoms with Gasteiger partial charge < -0.3 is 0 Å². The molecule has 1 amide bonds. The molecular formula is C12H8F2N2O2S. The Morgan fingerprint density at radius 1 is 1.32 bits per heavy atom. The minimum Gasteiger partial charge on any atom is -0.298 e. The van der Waals surface area contributed by atoms with E-state index in [4.69, 9.17) is 0 Å². The summed E-state index contributed by atoms with van der Waals surface area (Å²) in [6, 6.07) is 2.58. The topological polar surface area (TPSA) is 59.1 Å². The van der Waals surface area contributed by atoms with E-state index in [2.05, 4.69) is 10.3 Å². The number of aromatic nitrogens is 1. The first-order chi connectivity index (χ1) is 8.97. The lowest BCUT2D eigenvalue weighted by Gasteiger charge is -2.03. The standard InChI is InChI=1S/C12H8F2N2O2S/c1-6(17)10-5-19-12(15-10)16-11(18)8-4-7(13)2-3-9(8)14/h2-5H,1H3,(H,15,16,18). The van der Waals surface area contributed by atoms with Crippen LogP contribution in [0.1, 0.15) is 27.8 Å². The summed E-state index contributed by atoms with van der Waals surface area (Å²) < 4.78 is 26.3. The van der Waals surface area contributed by atoms with Crippen LogP contribution in [0.3, 0.4) is 0 Å². The number of carbonyl (C=O) groups is 2. The summed E-state index contributed by atoms with van der Waals surface area (Å²) in [5.41, 5.74) is -0.209. The van der Waals surface area contributed by atoms with E-state index in [1.807, 2.05) is 0 Å². The van der Waals surface area contributed by atoms with E-state index >= 15 is 0 Å². The Labute approximate surface area is 111 Å². The molecule has 1 heterocycles.